The molecule has 0 radical (unpaired) electrons. The fraction of sp³-hybridized carbons (Fsp3) is 0.548. The van der Waals surface area contributed by atoms with Crippen LogP contribution < -0.4 is 5.32 Å². The van der Waals surface area contributed by atoms with E-state index in [2.05, 4.69) is 22.3 Å². The van der Waals surface area contributed by atoms with Gasteiger partial charge in [0.15, 0.2) is 0 Å². The van der Waals surface area contributed by atoms with Gasteiger partial charge in [0.05, 0.1) is 24.3 Å². The average Bonchev–Trinajstić information content (AvgIpc) is 3.38. The number of benzene rings is 2. The van der Waals surface area contributed by atoms with E-state index < -0.39 is 17.7 Å². The minimum Gasteiger partial charge on any atom is -0.392 e. The molecule has 2 aromatic carbocycles. The molecular formula is C31H41N3O4. The molecule has 204 valence electrons. The van der Waals surface area contributed by atoms with Crippen molar-refractivity contribution in [2.75, 3.05) is 20.1 Å². The van der Waals surface area contributed by atoms with Crippen molar-refractivity contribution in [1.82, 2.24) is 15.1 Å². The van der Waals surface area contributed by atoms with Gasteiger partial charge < -0.3 is 20.1 Å². The van der Waals surface area contributed by atoms with E-state index in [4.69, 9.17) is 4.74 Å². The summed E-state index contributed by atoms with van der Waals surface area (Å²) < 4.78 is 6.46. The van der Waals surface area contributed by atoms with E-state index in [1.165, 1.54) is 5.56 Å². The van der Waals surface area contributed by atoms with Gasteiger partial charge in [-0.15, -0.1) is 0 Å². The van der Waals surface area contributed by atoms with Gasteiger partial charge in [0, 0.05) is 25.9 Å². The monoisotopic (exact) mass is 519 g/mol. The van der Waals surface area contributed by atoms with Gasteiger partial charge in [-0.1, -0.05) is 61.0 Å². The number of amides is 2. The van der Waals surface area contributed by atoms with Crippen LogP contribution in [0.5, 0.6) is 0 Å². The van der Waals surface area contributed by atoms with Crippen LogP contribution in [0.2, 0.25) is 0 Å². The van der Waals surface area contributed by atoms with Gasteiger partial charge in [0.25, 0.3) is 0 Å². The number of likely N-dealkylation sites (tertiary alicyclic amines) is 1. The third-order valence-corrected chi connectivity index (χ3v) is 8.52. The Kier molecular flexibility index (Phi) is 7.89. The average molecular weight is 520 g/mol. The lowest BCUT2D eigenvalue weighted by atomic mass is 9.90. The van der Waals surface area contributed by atoms with Crippen LogP contribution in [0.15, 0.2) is 54.6 Å². The molecule has 5 rings (SSSR count). The summed E-state index contributed by atoms with van der Waals surface area (Å²) in [6, 6.07) is 18.0. The van der Waals surface area contributed by atoms with Crippen LogP contribution in [0.3, 0.4) is 0 Å². The van der Waals surface area contributed by atoms with Crippen molar-refractivity contribution >= 4 is 11.8 Å². The zero-order valence-corrected chi connectivity index (χ0v) is 22.8. The minimum absolute atomic E-state index is 0.00397. The molecule has 2 aliphatic heterocycles. The van der Waals surface area contributed by atoms with Crippen molar-refractivity contribution in [3.63, 3.8) is 0 Å². The maximum absolute atomic E-state index is 14.4. The molecule has 7 heteroatoms. The number of hydrogen-bond donors (Lipinski definition) is 2. The summed E-state index contributed by atoms with van der Waals surface area (Å²) >= 11 is 0. The SMILES string of the molecule is CNC(=O)[C@@H]1CCCCN1C[C@@H](O)C[C@@H](Cc1ccccc1)C(=O)N1C2c3ccccc3CC2OC1(C)C. The Hall–Kier alpha value is -2.74. The number of fused-ring (bicyclic) bond motifs is 3. The summed E-state index contributed by atoms with van der Waals surface area (Å²) in [5, 5.41) is 14.1. The fourth-order valence-electron chi connectivity index (χ4n) is 6.83. The largest absolute Gasteiger partial charge is 0.392 e. The number of hydrogen-bond acceptors (Lipinski definition) is 5. The van der Waals surface area contributed by atoms with Crippen LogP contribution in [0.1, 0.15) is 62.3 Å². The number of nitrogens with zero attached hydrogens (tertiary/aromatic N) is 2. The maximum atomic E-state index is 14.4. The standard InChI is InChI=1S/C31H41N3O4/c1-31(2)34(28-25-14-8-7-13-22(25)19-27(28)38-31)30(37)23(17-21-11-5-4-6-12-21)18-24(35)20-33-16-10-9-15-26(33)29(36)32-3/h4-8,11-14,23-24,26-28,35H,9-10,15-20H2,1-3H3,(H,32,36)/t23-,24+,26+,27?,28?/m1/s1. The lowest BCUT2D eigenvalue weighted by Crippen LogP contribution is -2.52. The molecule has 2 fully saturated rings. The van der Waals surface area contributed by atoms with Crippen LogP contribution in [0.4, 0.5) is 0 Å². The molecule has 2 N–H and O–H groups in total. The highest BCUT2D eigenvalue weighted by atomic mass is 16.5. The van der Waals surface area contributed by atoms with Crippen LogP contribution >= 0.6 is 0 Å². The molecule has 5 atom stereocenters. The van der Waals surface area contributed by atoms with Crippen molar-refractivity contribution in [3.05, 3.63) is 71.3 Å². The molecule has 2 aromatic rings. The molecule has 0 aromatic heterocycles. The molecule has 0 saturated carbocycles. The van der Waals surface area contributed by atoms with Crippen molar-refractivity contribution < 1.29 is 19.4 Å². The summed E-state index contributed by atoms with van der Waals surface area (Å²) in [6.07, 6.45) is 3.70. The number of carbonyl (C=O) groups excluding carboxylic acids is 2. The molecule has 7 nitrogen and oxygen atoms in total. The first-order chi connectivity index (χ1) is 18.3. The van der Waals surface area contributed by atoms with Gasteiger partial charge in [-0.05, 0) is 62.8 Å². The van der Waals surface area contributed by atoms with Crippen LogP contribution in [-0.4, -0.2) is 70.8 Å². The van der Waals surface area contributed by atoms with E-state index in [1.807, 2.05) is 61.2 Å². The maximum Gasteiger partial charge on any atom is 0.237 e. The summed E-state index contributed by atoms with van der Waals surface area (Å²) in [6.45, 7) is 5.11. The first-order valence-corrected chi connectivity index (χ1v) is 14.0. The third-order valence-electron chi connectivity index (χ3n) is 8.52. The molecule has 2 saturated heterocycles. The van der Waals surface area contributed by atoms with E-state index in [0.717, 1.165) is 43.4 Å². The summed E-state index contributed by atoms with van der Waals surface area (Å²) in [5.74, 6) is -0.399. The number of aliphatic hydroxyl groups is 1. The van der Waals surface area contributed by atoms with Gasteiger partial charge in [0.2, 0.25) is 11.8 Å². The first kappa shape index (κ1) is 26.9. The van der Waals surface area contributed by atoms with Gasteiger partial charge in [-0.25, -0.2) is 0 Å². The molecule has 0 bridgehead atoms. The molecule has 2 amide bonds. The first-order valence-electron chi connectivity index (χ1n) is 14.0. The lowest BCUT2D eigenvalue weighted by Gasteiger charge is -2.38. The lowest BCUT2D eigenvalue weighted by molar-refractivity contribution is -0.153. The van der Waals surface area contributed by atoms with Crippen molar-refractivity contribution in [2.24, 2.45) is 5.92 Å². The second kappa shape index (κ2) is 11.2. The molecule has 38 heavy (non-hydrogen) atoms. The zero-order chi connectivity index (χ0) is 26.9. The normalized spacial score (nSPS) is 25.9. The Morgan fingerprint density at radius 3 is 2.61 bits per heavy atom. The zero-order valence-electron chi connectivity index (χ0n) is 22.8. The number of rotatable bonds is 8. The highest BCUT2D eigenvalue weighted by Crippen LogP contribution is 2.49. The van der Waals surface area contributed by atoms with Crippen LogP contribution in [0.25, 0.3) is 0 Å². The molecule has 2 heterocycles. The van der Waals surface area contributed by atoms with E-state index >= 15 is 0 Å². The minimum atomic E-state index is -0.739. The number of piperidine rings is 1. The second-order valence-electron chi connectivity index (χ2n) is 11.6. The quantitative estimate of drug-likeness (QED) is 0.558. The Bertz CT molecular complexity index is 1140. The number of aliphatic hydroxyl groups excluding tert-OH is 1. The Morgan fingerprint density at radius 1 is 1.11 bits per heavy atom. The Balaban J connectivity index is 1.39. The molecule has 1 aliphatic carbocycles. The van der Waals surface area contributed by atoms with Crippen molar-refractivity contribution in [2.45, 2.75) is 82.4 Å². The van der Waals surface area contributed by atoms with Gasteiger partial charge in [-0.3, -0.25) is 14.5 Å². The Labute approximate surface area is 226 Å². The molecule has 3 aliphatic rings. The van der Waals surface area contributed by atoms with Crippen LogP contribution in [0, 0.1) is 5.92 Å². The third kappa shape index (κ3) is 5.37. The number of nitrogens with one attached hydrogen (secondary N) is 1. The smallest absolute Gasteiger partial charge is 0.237 e. The van der Waals surface area contributed by atoms with E-state index in [-0.39, 0.29) is 30.0 Å². The van der Waals surface area contributed by atoms with E-state index in [9.17, 15) is 14.7 Å². The van der Waals surface area contributed by atoms with E-state index in [1.54, 1.807) is 7.05 Å². The number of carbonyl (C=O) groups is 2. The summed E-state index contributed by atoms with van der Waals surface area (Å²) in [4.78, 5) is 30.9. The van der Waals surface area contributed by atoms with Crippen molar-refractivity contribution in [3.8, 4) is 0 Å². The predicted molar refractivity (Wildman–Crippen MR) is 146 cm³/mol. The van der Waals surface area contributed by atoms with E-state index in [0.29, 0.717) is 19.4 Å². The fourth-order valence-corrected chi connectivity index (χ4v) is 6.83. The second-order valence-corrected chi connectivity index (χ2v) is 11.6. The van der Waals surface area contributed by atoms with Gasteiger partial charge in [-0.2, -0.15) is 0 Å². The number of β-amino-alcohol motifs (C(OH)–C–C–N with tert-alkyl or cyclic N) is 1. The summed E-state index contributed by atoms with van der Waals surface area (Å²) in [7, 11) is 1.66. The van der Waals surface area contributed by atoms with Crippen molar-refractivity contribution in [1.29, 1.82) is 0 Å². The highest BCUT2D eigenvalue weighted by Gasteiger charge is 2.54. The summed E-state index contributed by atoms with van der Waals surface area (Å²) in [5.41, 5.74) is 2.73. The van der Waals surface area contributed by atoms with Crippen LogP contribution in [-0.2, 0) is 27.2 Å². The Morgan fingerprint density at radius 2 is 1.84 bits per heavy atom. The topological polar surface area (TPSA) is 82.1 Å². The molecule has 0 spiro atoms. The number of likely N-dealkylation sites (N-methyl/N-ethyl adjacent to an activating group) is 1. The molecule has 2 unspecified atom stereocenters. The predicted octanol–water partition coefficient (Wildman–Crippen LogP) is 3.46. The highest BCUT2D eigenvalue weighted by molar-refractivity contribution is 5.82. The molecular weight excluding hydrogens is 478 g/mol. The number of ether oxygens (including phenoxy) is 1. The van der Waals surface area contributed by atoms with Gasteiger partial charge in [0.1, 0.15) is 5.72 Å². The van der Waals surface area contributed by atoms with Gasteiger partial charge >= 0.3 is 0 Å².